The van der Waals surface area contributed by atoms with Crippen molar-refractivity contribution < 1.29 is 4.74 Å². The highest BCUT2D eigenvalue weighted by Gasteiger charge is 2.14. The van der Waals surface area contributed by atoms with Gasteiger partial charge in [-0.25, -0.2) is 9.97 Å². The summed E-state index contributed by atoms with van der Waals surface area (Å²) in [5.41, 5.74) is 1.82. The van der Waals surface area contributed by atoms with E-state index in [0.29, 0.717) is 11.8 Å². The number of para-hydroxylation sites is 2. The van der Waals surface area contributed by atoms with Crippen LogP contribution in [0.25, 0.3) is 11.0 Å². The molecule has 0 amide bonds. The Balaban J connectivity index is 1.66. The quantitative estimate of drug-likeness (QED) is 0.825. The Labute approximate surface area is 107 Å². The molecule has 1 saturated carbocycles. The van der Waals surface area contributed by atoms with Crippen LogP contribution in [0.2, 0.25) is 0 Å². The number of benzene rings is 1. The third-order valence-corrected chi connectivity index (χ3v) is 3.62. The van der Waals surface area contributed by atoms with Gasteiger partial charge in [-0.2, -0.15) is 0 Å². The van der Waals surface area contributed by atoms with Crippen molar-refractivity contribution in [2.45, 2.75) is 32.1 Å². The lowest BCUT2D eigenvalue weighted by Crippen LogP contribution is -2.15. The van der Waals surface area contributed by atoms with E-state index >= 15 is 0 Å². The lowest BCUT2D eigenvalue weighted by molar-refractivity contribution is 0.203. The molecule has 1 aliphatic rings. The molecule has 0 radical (unpaired) electrons. The molecule has 0 aliphatic heterocycles. The van der Waals surface area contributed by atoms with Gasteiger partial charge in [0.1, 0.15) is 0 Å². The molecular weight excluding hydrogens is 224 g/mol. The van der Waals surface area contributed by atoms with Crippen LogP contribution in [-0.2, 0) is 0 Å². The first-order chi connectivity index (χ1) is 8.92. The van der Waals surface area contributed by atoms with Gasteiger partial charge in [-0.05, 0) is 30.9 Å². The highest BCUT2D eigenvalue weighted by Crippen LogP contribution is 2.24. The van der Waals surface area contributed by atoms with Crippen LogP contribution in [0.4, 0.5) is 0 Å². The fourth-order valence-electron chi connectivity index (χ4n) is 2.57. The van der Waals surface area contributed by atoms with Gasteiger partial charge >= 0.3 is 0 Å². The van der Waals surface area contributed by atoms with E-state index in [4.69, 9.17) is 4.74 Å². The summed E-state index contributed by atoms with van der Waals surface area (Å²) in [5, 5.41) is 0. The van der Waals surface area contributed by atoms with Crippen molar-refractivity contribution in [1.82, 2.24) is 9.97 Å². The molecule has 0 unspecified atom stereocenters. The van der Waals surface area contributed by atoms with E-state index in [-0.39, 0.29) is 0 Å². The van der Waals surface area contributed by atoms with Gasteiger partial charge in [-0.3, -0.25) is 0 Å². The fourth-order valence-corrected chi connectivity index (χ4v) is 2.57. The third-order valence-electron chi connectivity index (χ3n) is 3.62. The second-order valence-corrected chi connectivity index (χ2v) is 5.01. The summed E-state index contributed by atoms with van der Waals surface area (Å²) in [6.07, 6.45) is 8.38. The van der Waals surface area contributed by atoms with Crippen LogP contribution < -0.4 is 4.74 Å². The first kappa shape index (κ1) is 11.5. The minimum atomic E-state index is 0.652. The van der Waals surface area contributed by atoms with Crippen molar-refractivity contribution in [3.8, 4) is 5.88 Å². The Kier molecular flexibility index (Phi) is 3.40. The van der Waals surface area contributed by atoms with Gasteiger partial charge in [0.25, 0.3) is 0 Å². The molecule has 2 aromatic rings. The number of rotatable bonds is 3. The van der Waals surface area contributed by atoms with Crippen LogP contribution in [-0.4, -0.2) is 16.6 Å². The Morgan fingerprint density at radius 1 is 1.06 bits per heavy atom. The van der Waals surface area contributed by atoms with Crippen molar-refractivity contribution in [2.75, 3.05) is 6.61 Å². The van der Waals surface area contributed by atoms with E-state index in [1.807, 2.05) is 24.3 Å². The first-order valence-electron chi connectivity index (χ1n) is 6.76. The van der Waals surface area contributed by atoms with Gasteiger partial charge < -0.3 is 4.74 Å². The Hall–Kier alpha value is -1.64. The largest absolute Gasteiger partial charge is 0.476 e. The minimum absolute atomic E-state index is 0.652. The van der Waals surface area contributed by atoms with Gasteiger partial charge in [0.05, 0.1) is 23.8 Å². The van der Waals surface area contributed by atoms with E-state index in [2.05, 4.69) is 9.97 Å². The normalized spacial score (nSPS) is 16.9. The zero-order valence-electron chi connectivity index (χ0n) is 10.5. The third kappa shape index (κ3) is 2.61. The maximum Gasteiger partial charge on any atom is 0.232 e. The van der Waals surface area contributed by atoms with Crippen LogP contribution in [0.1, 0.15) is 32.1 Å². The number of ether oxygens (including phenoxy) is 1. The molecule has 1 aromatic carbocycles. The zero-order chi connectivity index (χ0) is 12.2. The molecule has 0 spiro atoms. The maximum atomic E-state index is 5.78. The summed E-state index contributed by atoms with van der Waals surface area (Å²) in [6, 6.07) is 7.88. The van der Waals surface area contributed by atoms with Gasteiger partial charge in [0, 0.05) is 0 Å². The molecule has 0 atom stereocenters. The second kappa shape index (κ2) is 5.34. The molecule has 0 saturated heterocycles. The lowest BCUT2D eigenvalue weighted by Gasteiger charge is -2.21. The van der Waals surface area contributed by atoms with Gasteiger partial charge in [-0.15, -0.1) is 0 Å². The highest BCUT2D eigenvalue weighted by molar-refractivity contribution is 5.73. The van der Waals surface area contributed by atoms with E-state index in [0.717, 1.165) is 17.6 Å². The summed E-state index contributed by atoms with van der Waals surface area (Å²) in [6.45, 7) is 0.785. The molecule has 3 heteroatoms. The molecule has 1 aromatic heterocycles. The molecule has 1 heterocycles. The molecule has 94 valence electrons. The molecule has 0 bridgehead atoms. The maximum absolute atomic E-state index is 5.78. The Morgan fingerprint density at radius 3 is 2.67 bits per heavy atom. The first-order valence-corrected chi connectivity index (χ1v) is 6.76. The number of nitrogens with zero attached hydrogens (tertiary/aromatic N) is 2. The highest BCUT2D eigenvalue weighted by atomic mass is 16.5. The van der Waals surface area contributed by atoms with E-state index in [9.17, 15) is 0 Å². The van der Waals surface area contributed by atoms with Gasteiger partial charge in [0.15, 0.2) is 0 Å². The molecule has 1 aliphatic carbocycles. The summed E-state index contributed by atoms with van der Waals surface area (Å²) in [4.78, 5) is 8.83. The van der Waals surface area contributed by atoms with E-state index in [1.54, 1.807) is 6.20 Å². The minimum Gasteiger partial charge on any atom is -0.476 e. The average molecular weight is 242 g/mol. The molecule has 3 rings (SSSR count). The number of aromatic nitrogens is 2. The molecule has 3 nitrogen and oxygen atoms in total. The van der Waals surface area contributed by atoms with Crippen LogP contribution >= 0.6 is 0 Å². The van der Waals surface area contributed by atoms with Gasteiger partial charge in [-0.1, -0.05) is 31.4 Å². The predicted octanol–water partition coefficient (Wildman–Crippen LogP) is 3.59. The molecule has 0 N–H and O–H groups in total. The summed E-state index contributed by atoms with van der Waals surface area (Å²) in [5.74, 6) is 1.35. The molecular formula is C15H18N2O. The number of hydrogen-bond donors (Lipinski definition) is 0. The Bertz CT molecular complexity index is 521. The second-order valence-electron chi connectivity index (χ2n) is 5.01. The van der Waals surface area contributed by atoms with Crippen molar-refractivity contribution in [3.63, 3.8) is 0 Å². The topological polar surface area (TPSA) is 35.0 Å². The zero-order valence-corrected chi connectivity index (χ0v) is 10.5. The lowest BCUT2D eigenvalue weighted by atomic mass is 9.90. The van der Waals surface area contributed by atoms with Crippen LogP contribution in [0.5, 0.6) is 5.88 Å². The molecule has 18 heavy (non-hydrogen) atoms. The van der Waals surface area contributed by atoms with E-state index in [1.165, 1.54) is 32.1 Å². The smallest absolute Gasteiger partial charge is 0.232 e. The monoisotopic (exact) mass is 242 g/mol. The fraction of sp³-hybridized carbons (Fsp3) is 0.467. The van der Waals surface area contributed by atoms with Crippen molar-refractivity contribution in [3.05, 3.63) is 30.5 Å². The summed E-state index contributed by atoms with van der Waals surface area (Å²) in [7, 11) is 0. The summed E-state index contributed by atoms with van der Waals surface area (Å²) < 4.78 is 5.78. The predicted molar refractivity (Wildman–Crippen MR) is 71.6 cm³/mol. The number of fused-ring (bicyclic) bond motifs is 1. The average Bonchev–Trinajstić information content (AvgIpc) is 2.46. The standard InChI is InChI=1S/C15H18N2O/c1-2-6-12(7-3-1)11-18-15-10-16-13-8-4-5-9-14(13)17-15/h4-5,8-10,12H,1-3,6-7,11H2. The van der Waals surface area contributed by atoms with Crippen molar-refractivity contribution in [1.29, 1.82) is 0 Å². The summed E-state index contributed by atoms with van der Waals surface area (Å²) >= 11 is 0. The van der Waals surface area contributed by atoms with Crippen molar-refractivity contribution in [2.24, 2.45) is 5.92 Å². The number of hydrogen-bond acceptors (Lipinski definition) is 3. The van der Waals surface area contributed by atoms with Crippen molar-refractivity contribution >= 4 is 11.0 Å². The van der Waals surface area contributed by atoms with Crippen LogP contribution in [0, 0.1) is 5.92 Å². The Morgan fingerprint density at radius 2 is 1.83 bits per heavy atom. The SMILES string of the molecule is c1ccc2nc(OCC3CCCCC3)cnc2c1. The van der Waals surface area contributed by atoms with Crippen LogP contribution in [0.15, 0.2) is 30.5 Å². The molecule has 1 fully saturated rings. The van der Waals surface area contributed by atoms with Crippen LogP contribution in [0.3, 0.4) is 0 Å². The van der Waals surface area contributed by atoms with E-state index < -0.39 is 0 Å². The van der Waals surface area contributed by atoms with Gasteiger partial charge in [0.2, 0.25) is 5.88 Å².